The van der Waals surface area contributed by atoms with Crippen LogP contribution in [0, 0.1) is 5.92 Å². The van der Waals surface area contributed by atoms with Gasteiger partial charge in [-0.2, -0.15) is 0 Å². The fourth-order valence-electron chi connectivity index (χ4n) is 3.38. The molecule has 1 aromatic carbocycles. The van der Waals surface area contributed by atoms with Crippen molar-refractivity contribution in [2.75, 3.05) is 11.9 Å². The van der Waals surface area contributed by atoms with Gasteiger partial charge in [-0.15, -0.1) is 0 Å². The summed E-state index contributed by atoms with van der Waals surface area (Å²) in [6.45, 7) is 5.05. The summed E-state index contributed by atoms with van der Waals surface area (Å²) in [5.41, 5.74) is 1.64. The van der Waals surface area contributed by atoms with Crippen molar-refractivity contribution in [1.29, 1.82) is 0 Å². The van der Waals surface area contributed by atoms with Gasteiger partial charge in [-0.3, -0.25) is 10.1 Å². The van der Waals surface area contributed by atoms with Gasteiger partial charge in [0.1, 0.15) is 6.04 Å². The average molecular weight is 344 g/mol. The van der Waals surface area contributed by atoms with E-state index in [0.29, 0.717) is 12.3 Å². The molecule has 0 aromatic heterocycles. The third-order valence-electron chi connectivity index (χ3n) is 5.14. The molecule has 3 atom stereocenters. The molecular formula is C18H24N4O3. The van der Waals surface area contributed by atoms with Crippen molar-refractivity contribution in [3.8, 4) is 0 Å². The first-order chi connectivity index (χ1) is 11.9. The Kier molecular flexibility index (Phi) is 4.92. The molecule has 7 nitrogen and oxygen atoms in total. The van der Waals surface area contributed by atoms with E-state index in [-0.39, 0.29) is 18.0 Å². The summed E-state index contributed by atoms with van der Waals surface area (Å²) < 4.78 is 0. The minimum absolute atomic E-state index is 0.0748. The van der Waals surface area contributed by atoms with Crippen molar-refractivity contribution in [3.63, 3.8) is 0 Å². The zero-order valence-electron chi connectivity index (χ0n) is 14.5. The van der Waals surface area contributed by atoms with E-state index < -0.39 is 12.1 Å². The van der Waals surface area contributed by atoms with E-state index >= 15 is 0 Å². The maximum Gasteiger partial charge on any atom is 0.322 e. The Hall–Kier alpha value is -2.57. The van der Waals surface area contributed by atoms with Crippen LogP contribution in [0.3, 0.4) is 0 Å². The summed E-state index contributed by atoms with van der Waals surface area (Å²) in [4.78, 5) is 37.1. The van der Waals surface area contributed by atoms with Crippen LogP contribution < -0.4 is 16.0 Å². The topological polar surface area (TPSA) is 90.5 Å². The van der Waals surface area contributed by atoms with Gasteiger partial charge in [0.15, 0.2) is 0 Å². The van der Waals surface area contributed by atoms with Crippen molar-refractivity contribution < 1.29 is 14.4 Å². The van der Waals surface area contributed by atoms with Crippen LogP contribution in [0.15, 0.2) is 24.3 Å². The Morgan fingerprint density at radius 3 is 2.60 bits per heavy atom. The highest BCUT2D eigenvalue weighted by Crippen LogP contribution is 2.23. The number of anilines is 1. The van der Waals surface area contributed by atoms with Crippen molar-refractivity contribution in [1.82, 2.24) is 15.5 Å². The summed E-state index contributed by atoms with van der Waals surface area (Å²) >= 11 is 0. The van der Waals surface area contributed by atoms with Crippen molar-refractivity contribution in [2.45, 2.75) is 45.2 Å². The minimum Gasteiger partial charge on any atom is -0.326 e. The SMILES string of the molecule is C[C@@H]1CCCN(C(=O)Nc2ccc(C[C@@H]3NC(=O)NC3=O)cc2)[C@H]1C. The second kappa shape index (κ2) is 7.13. The maximum absolute atomic E-state index is 12.5. The molecule has 0 spiro atoms. The first-order valence-electron chi connectivity index (χ1n) is 8.72. The molecule has 2 aliphatic rings. The minimum atomic E-state index is -0.538. The van der Waals surface area contributed by atoms with Gasteiger partial charge in [-0.1, -0.05) is 19.1 Å². The van der Waals surface area contributed by atoms with Crippen LogP contribution in [0.4, 0.5) is 15.3 Å². The van der Waals surface area contributed by atoms with Crippen LogP contribution >= 0.6 is 0 Å². The fraction of sp³-hybridized carbons (Fsp3) is 0.500. The molecule has 1 aromatic rings. The van der Waals surface area contributed by atoms with Crippen LogP contribution in [-0.2, 0) is 11.2 Å². The van der Waals surface area contributed by atoms with E-state index in [9.17, 15) is 14.4 Å². The Bertz CT molecular complexity index is 673. The average Bonchev–Trinajstić information content (AvgIpc) is 2.89. The van der Waals surface area contributed by atoms with Gasteiger partial charge < -0.3 is 15.5 Å². The van der Waals surface area contributed by atoms with Gasteiger partial charge in [0.2, 0.25) is 0 Å². The molecule has 0 bridgehead atoms. The van der Waals surface area contributed by atoms with Gasteiger partial charge in [0.25, 0.3) is 5.91 Å². The highest BCUT2D eigenvalue weighted by Gasteiger charge is 2.30. The lowest BCUT2D eigenvalue weighted by Gasteiger charge is -2.37. The molecule has 0 saturated carbocycles. The van der Waals surface area contributed by atoms with Gasteiger partial charge >= 0.3 is 12.1 Å². The first kappa shape index (κ1) is 17.3. The van der Waals surface area contributed by atoms with Gasteiger partial charge in [-0.25, -0.2) is 9.59 Å². The van der Waals surface area contributed by atoms with E-state index in [0.717, 1.165) is 30.6 Å². The second-order valence-corrected chi connectivity index (χ2v) is 6.90. The summed E-state index contributed by atoms with van der Waals surface area (Å²) in [5, 5.41) is 7.73. The van der Waals surface area contributed by atoms with Crippen molar-refractivity contribution in [3.05, 3.63) is 29.8 Å². The summed E-state index contributed by atoms with van der Waals surface area (Å²) in [5.74, 6) is 0.199. The Morgan fingerprint density at radius 1 is 1.24 bits per heavy atom. The zero-order valence-corrected chi connectivity index (χ0v) is 14.5. The number of carbonyl (C=O) groups excluding carboxylic acids is 3. The fourth-order valence-corrected chi connectivity index (χ4v) is 3.38. The molecule has 0 radical (unpaired) electrons. The largest absolute Gasteiger partial charge is 0.326 e. The second-order valence-electron chi connectivity index (χ2n) is 6.90. The first-order valence-corrected chi connectivity index (χ1v) is 8.72. The van der Waals surface area contributed by atoms with Gasteiger partial charge in [-0.05, 0) is 43.4 Å². The number of nitrogens with zero attached hydrogens (tertiary/aromatic N) is 1. The molecule has 7 heteroatoms. The number of carbonyl (C=O) groups is 3. The molecule has 2 fully saturated rings. The van der Waals surface area contributed by atoms with E-state index in [2.05, 4.69) is 29.8 Å². The molecule has 134 valence electrons. The number of likely N-dealkylation sites (tertiary alicyclic amines) is 1. The lowest BCUT2D eigenvalue weighted by Crippen LogP contribution is -2.47. The molecule has 5 amide bonds. The predicted octanol–water partition coefficient (Wildman–Crippen LogP) is 2.09. The monoisotopic (exact) mass is 344 g/mol. The van der Waals surface area contributed by atoms with Crippen LogP contribution in [0.2, 0.25) is 0 Å². The van der Waals surface area contributed by atoms with Crippen LogP contribution in [0.25, 0.3) is 0 Å². The zero-order chi connectivity index (χ0) is 18.0. The van der Waals surface area contributed by atoms with Crippen molar-refractivity contribution in [2.24, 2.45) is 5.92 Å². The quantitative estimate of drug-likeness (QED) is 0.733. The van der Waals surface area contributed by atoms with E-state index in [1.807, 2.05) is 29.2 Å². The number of hydrogen-bond donors (Lipinski definition) is 3. The Morgan fingerprint density at radius 2 is 1.96 bits per heavy atom. The number of amides is 5. The lowest BCUT2D eigenvalue weighted by molar-refractivity contribution is -0.120. The maximum atomic E-state index is 12.5. The van der Waals surface area contributed by atoms with Gasteiger partial charge in [0, 0.05) is 24.7 Å². The summed E-state index contributed by atoms with van der Waals surface area (Å²) in [6.07, 6.45) is 2.62. The highest BCUT2D eigenvalue weighted by atomic mass is 16.2. The smallest absolute Gasteiger partial charge is 0.322 e. The third kappa shape index (κ3) is 3.92. The molecule has 0 unspecified atom stereocenters. The lowest BCUT2D eigenvalue weighted by atomic mass is 9.92. The molecule has 3 N–H and O–H groups in total. The molecule has 2 aliphatic heterocycles. The van der Waals surface area contributed by atoms with Crippen molar-refractivity contribution >= 4 is 23.7 Å². The number of rotatable bonds is 3. The van der Waals surface area contributed by atoms with Crippen LogP contribution in [0.5, 0.6) is 0 Å². The van der Waals surface area contributed by atoms with Crippen LogP contribution in [-0.4, -0.2) is 41.5 Å². The number of piperidine rings is 1. The molecular weight excluding hydrogens is 320 g/mol. The molecule has 3 rings (SSSR count). The predicted molar refractivity (Wildman–Crippen MR) is 94.2 cm³/mol. The molecule has 25 heavy (non-hydrogen) atoms. The summed E-state index contributed by atoms with van der Waals surface area (Å²) in [7, 11) is 0. The van der Waals surface area contributed by atoms with Gasteiger partial charge in [0.05, 0.1) is 0 Å². The number of hydrogen-bond acceptors (Lipinski definition) is 3. The Balaban J connectivity index is 1.58. The number of urea groups is 2. The molecule has 2 saturated heterocycles. The standard InChI is InChI=1S/C18H24N4O3/c1-11-4-3-9-22(12(11)2)18(25)19-14-7-5-13(6-8-14)10-15-16(23)21-17(24)20-15/h5-8,11-12,15H,3-4,9-10H2,1-2H3,(H,19,25)(H2,20,21,23,24)/t11-,12+,15+/m1/s1. The third-order valence-corrected chi connectivity index (χ3v) is 5.14. The van der Waals surface area contributed by atoms with E-state index in [1.165, 1.54) is 0 Å². The summed E-state index contributed by atoms with van der Waals surface area (Å²) in [6, 6.07) is 6.52. The Labute approximate surface area is 147 Å². The highest BCUT2D eigenvalue weighted by molar-refractivity contribution is 6.04. The molecule has 0 aliphatic carbocycles. The number of nitrogens with one attached hydrogen (secondary N) is 3. The normalized spacial score (nSPS) is 26.2. The molecule has 2 heterocycles. The van der Waals surface area contributed by atoms with Crippen LogP contribution in [0.1, 0.15) is 32.3 Å². The number of benzene rings is 1. The van der Waals surface area contributed by atoms with E-state index in [4.69, 9.17) is 0 Å². The number of imide groups is 1. The van der Waals surface area contributed by atoms with E-state index in [1.54, 1.807) is 0 Å².